The van der Waals surface area contributed by atoms with Gasteiger partial charge in [0.1, 0.15) is 5.60 Å². The molecule has 1 heterocycles. The van der Waals surface area contributed by atoms with Crippen molar-refractivity contribution in [1.29, 1.82) is 0 Å². The first kappa shape index (κ1) is 26.7. The normalized spacial score (nSPS) is 16.7. The van der Waals surface area contributed by atoms with Crippen molar-refractivity contribution >= 4 is 11.9 Å². The van der Waals surface area contributed by atoms with E-state index in [2.05, 4.69) is 34.4 Å². The Morgan fingerprint density at radius 1 is 1.13 bits per heavy atom. The third-order valence-corrected chi connectivity index (χ3v) is 5.03. The third kappa shape index (κ3) is 13.8. The lowest BCUT2D eigenvalue weighted by Crippen LogP contribution is -2.49. The Morgan fingerprint density at radius 2 is 1.80 bits per heavy atom. The second-order valence-corrected chi connectivity index (χ2v) is 9.43. The van der Waals surface area contributed by atoms with Crippen molar-refractivity contribution in [2.24, 2.45) is 4.99 Å². The van der Waals surface area contributed by atoms with Crippen LogP contribution in [-0.4, -0.2) is 74.4 Å². The van der Waals surface area contributed by atoms with Crippen molar-refractivity contribution in [3.63, 3.8) is 0 Å². The molecule has 1 aliphatic rings. The number of esters is 1. The number of hydrogen-bond donors (Lipinski definition) is 2. The average Bonchev–Trinajstić information content (AvgIpc) is 2.65. The van der Waals surface area contributed by atoms with Crippen LogP contribution in [0.4, 0.5) is 0 Å². The van der Waals surface area contributed by atoms with E-state index in [0.29, 0.717) is 18.6 Å². The molecule has 30 heavy (non-hydrogen) atoms. The van der Waals surface area contributed by atoms with Gasteiger partial charge in [-0.1, -0.05) is 12.8 Å². The maximum Gasteiger partial charge on any atom is 0.306 e. The Kier molecular flexibility index (Phi) is 13.0. The van der Waals surface area contributed by atoms with E-state index in [1.54, 1.807) is 0 Å². The highest BCUT2D eigenvalue weighted by atomic mass is 16.6. The number of piperidine rings is 1. The van der Waals surface area contributed by atoms with Gasteiger partial charge in [0.25, 0.3) is 0 Å². The van der Waals surface area contributed by atoms with E-state index in [9.17, 15) is 4.79 Å². The van der Waals surface area contributed by atoms with Crippen molar-refractivity contribution in [3.05, 3.63) is 0 Å². The van der Waals surface area contributed by atoms with E-state index in [0.717, 1.165) is 77.3 Å². The van der Waals surface area contributed by atoms with Gasteiger partial charge >= 0.3 is 5.97 Å². The van der Waals surface area contributed by atoms with Crippen LogP contribution in [0.5, 0.6) is 0 Å². The van der Waals surface area contributed by atoms with Crippen LogP contribution < -0.4 is 10.6 Å². The van der Waals surface area contributed by atoms with Crippen LogP contribution in [0.1, 0.15) is 79.6 Å². The summed E-state index contributed by atoms with van der Waals surface area (Å²) in [6.45, 7) is 14.8. The van der Waals surface area contributed by atoms with E-state index in [4.69, 9.17) is 9.47 Å². The number of ether oxygens (including phenoxy) is 2. The van der Waals surface area contributed by atoms with Crippen LogP contribution in [0.15, 0.2) is 4.99 Å². The summed E-state index contributed by atoms with van der Waals surface area (Å²) in [7, 11) is 1.83. The Labute approximate surface area is 184 Å². The summed E-state index contributed by atoms with van der Waals surface area (Å²) < 4.78 is 11.0. The largest absolute Gasteiger partial charge is 0.460 e. The quantitative estimate of drug-likeness (QED) is 0.216. The van der Waals surface area contributed by atoms with Gasteiger partial charge in [0.15, 0.2) is 5.96 Å². The van der Waals surface area contributed by atoms with E-state index in [-0.39, 0.29) is 11.6 Å². The van der Waals surface area contributed by atoms with E-state index in [1.165, 1.54) is 0 Å². The van der Waals surface area contributed by atoms with Crippen LogP contribution in [-0.2, 0) is 14.3 Å². The minimum Gasteiger partial charge on any atom is -0.460 e. The molecule has 7 heteroatoms. The standard InChI is InChI=1S/C23H46N4O3/c1-19(2)29-18-17-27-15-12-20(13-16-27)26-22(24-6)25-14-10-8-7-9-11-21(28)30-23(3,4)5/h19-20H,7-18H2,1-6H3,(H2,24,25,26). The molecule has 0 aliphatic carbocycles. The van der Waals surface area contributed by atoms with Crippen molar-refractivity contribution in [1.82, 2.24) is 15.5 Å². The molecule has 2 N–H and O–H groups in total. The number of guanidine groups is 1. The topological polar surface area (TPSA) is 75.2 Å². The number of carbonyl (C=O) groups excluding carboxylic acids is 1. The van der Waals surface area contributed by atoms with Crippen LogP contribution >= 0.6 is 0 Å². The van der Waals surface area contributed by atoms with Crippen molar-refractivity contribution < 1.29 is 14.3 Å². The lowest BCUT2D eigenvalue weighted by molar-refractivity contribution is -0.154. The van der Waals surface area contributed by atoms with Gasteiger partial charge in [-0.05, 0) is 60.3 Å². The molecule has 0 atom stereocenters. The molecule has 1 saturated heterocycles. The summed E-state index contributed by atoms with van der Waals surface area (Å²) in [5, 5.41) is 6.98. The maximum atomic E-state index is 11.7. The highest BCUT2D eigenvalue weighted by Gasteiger charge is 2.19. The van der Waals surface area contributed by atoms with Crippen LogP contribution in [0.25, 0.3) is 0 Å². The Balaban J connectivity index is 2.06. The minimum atomic E-state index is -0.386. The average molecular weight is 427 g/mol. The van der Waals surface area contributed by atoms with Gasteiger partial charge in [0.05, 0.1) is 12.7 Å². The zero-order valence-corrected chi connectivity index (χ0v) is 20.3. The molecule has 0 bridgehead atoms. The van der Waals surface area contributed by atoms with Gasteiger partial charge in [0, 0.05) is 45.7 Å². The lowest BCUT2D eigenvalue weighted by Gasteiger charge is -2.33. The van der Waals surface area contributed by atoms with Crippen LogP contribution in [0.3, 0.4) is 0 Å². The summed E-state index contributed by atoms with van der Waals surface area (Å²) in [5.41, 5.74) is -0.386. The molecule has 0 spiro atoms. The van der Waals surface area contributed by atoms with Crippen molar-refractivity contribution in [3.8, 4) is 0 Å². The van der Waals surface area contributed by atoms with Crippen molar-refractivity contribution in [2.75, 3.05) is 39.8 Å². The SMILES string of the molecule is CN=C(NCCCCCCC(=O)OC(C)(C)C)NC1CCN(CCOC(C)C)CC1. The Morgan fingerprint density at radius 3 is 2.40 bits per heavy atom. The number of likely N-dealkylation sites (tertiary alicyclic amines) is 1. The molecule has 0 aromatic rings. The predicted molar refractivity (Wildman–Crippen MR) is 124 cm³/mol. The van der Waals surface area contributed by atoms with Gasteiger partial charge in [-0.25, -0.2) is 0 Å². The molecule has 0 unspecified atom stereocenters. The molecule has 0 amide bonds. The third-order valence-electron chi connectivity index (χ3n) is 5.03. The maximum absolute atomic E-state index is 11.7. The Bertz CT molecular complexity index is 495. The number of hydrogen-bond acceptors (Lipinski definition) is 5. The van der Waals surface area contributed by atoms with Crippen molar-refractivity contribution in [2.45, 2.75) is 97.3 Å². The van der Waals surface area contributed by atoms with E-state index >= 15 is 0 Å². The second kappa shape index (κ2) is 14.6. The summed E-state index contributed by atoms with van der Waals surface area (Å²) >= 11 is 0. The number of nitrogens with one attached hydrogen (secondary N) is 2. The van der Waals surface area contributed by atoms with E-state index in [1.807, 2.05) is 27.8 Å². The molecule has 1 aliphatic heterocycles. The number of carbonyl (C=O) groups is 1. The molecule has 1 fully saturated rings. The number of rotatable bonds is 12. The Hall–Kier alpha value is -1.34. The first-order valence-corrected chi connectivity index (χ1v) is 11.7. The zero-order chi connectivity index (χ0) is 22.4. The fraction of sp³-hybridized carbons (Fsp3) is 0.913. The molecule has 176 valence electrons. The fourth-order valence-electron chi connectivity index (χ4n) is 3.45. The zero-order valence-electron chi connectivity index (χ0n) is 20.3. The second-order valence-electron chi connectivity index (χ2n) is 9.43. The van der Waals surface area contributed by atoms with Crippen LogP contribution in [0.2, 0.25) is 0 Å². The number of nitrogens with zero attached hydrogens (tertiary/aromatic N) is 2. The molecule has 0 saturated carbocycles. The monoisotopic (exact) mass is 426 g/mol. The van der Waals surface area contributed by atoms with Gasteiger partial charge in [-0.15, -0.1) is 0 Å². The molecular formula is C23H46N4O3. The first-order chi connectivity index (χ1) is 14.2. The molecule has 0 radical (unpaired) electrons. The highest BCUT2D eigenvalue weighted by Crippen LogP contribution is 2.12. The van der Waals surface area contributed by atoms with Gasteiger partial charge in [0.2, 0.25) is 0 Å². The van der Waals surface area contributed by atoms with Gasteiger partial charge in [-0.2, -0.15) is 0 Å². The molecule has 0 aromatic heterocycles. The number of aliphatic imine (C=N–C) groups is 1. The minimum absolute atomic E-state index is 0.0938. The predicted octanol–water partition coefficient (Wildman–Crippen LogP) is 3.33. The summed E-state index contributed by atoms with van der Waals surface area (Å²) in [6.07, 6.45) is 7.20. The van der Waals surface area contributed by atoms with Gasteiger partial charge in [-0.3, -0.25) is 9.79 Å². The van der Waals surface area contributed by atoms with Crippen LogP contribution in [0, 0.1) is 0 Å². The summed E-state index contributed by atoms with van der Waals surface area (Å²) in [4.78, 5) is 18.5. The first-order valence-electron chi connectivity index (χ1n) is 11.7. The molecule has 1 rings (SSSR count). The summed E-state index contributed by atoms with van der Waals surface area (Å²) in [6, 6.07) is 0.479. The molecule has 7 nitrogen and oxygen atoms in total. The van der Waals surface area contributed by atoms with E-state index < -0.39 is 0 Å². The van der Waals surface area contributed by atoms with Gasteiger partial charge < -0.3 is 25.0 Å². The fourth-order valence-corrected chi connectivity index (χ4v) is 3.45. The highest BCUT2D eigenvalue weighted by molar-refractivity contribution is 5.79. The molecule has 0 aromatic carbocycles. The number of unbranched alkanes of at least 4 members (excludes halogenated alkanes) is 3. The lowest BCUT2D eigenvalue weighted by atomic mass is 10.1. The smallest absolute Gasteiger partial charge is 0.306 e. The molecular weight excluding hydrogens is 380 g/mol. The summed E-state index contributed by atoms with van der Waals surface area (Å²) in [5.74, 6) is 0.800.